The Bertz CT molecular complexity index is 516. The Morgan fingerprint density at radius 2 is 1.61 bits per heavy atom. The summed E-state index contributed by atoms with van der Waals surface area (Å²) >= 11 is 0. The number of aliphatic hydroxyl groups excluding tert-OH is 1. The second kappa shape index (κ2) is 8.03. The molecule has 0 bridgehead atoms. The average Bonchev–Trinajstić information content (AvgIpc) is 2.60. The zero-order chi connectivity index (χ0) is 16.8. The van der Waals surface area contributed by atoms with Crippen LogP contribution in [-0.2, 0) is 0 Å². The van der Waals surface area contributed by atoms with E-state index in [1.165, 1.54) is 21.3 Å². The van der Waals surface area contributed by atoms with Crippen LogP contribution in [-0.4, -0.2) is 81.5 Å². The lowest BCUT2D eigenvalue weighted by Gasteiger charge is -2.34. The number of amides is 1. The lowest BCUT2D eigenvalue weighted by molar-refractivity contribution is 0.0614. The van der Waals surface area contributed by atoms with Gasteiger partial charge in [-0.25, -0.2) is 0 Å². The van der Waals surface area contributed by atoms with Gasteiger partial charge in [0.1, 0.15) is 0 Å². The molecule has 1 N–H and O–H groups in total. The number of nitrogens with zero attached hydrogens (tertiary/aromatic N) is 2. The van der Waals surface area contributed by atoms with Crippen LogP contribution in [0.15, 0.2) is 12.1 Å². The Labute approximate surface area is 136 Å². The van der Waals surface area contributed by atoms with Gasteiger partial charge in [0.15, 0.2) is 11.5 Å². The van der Waals surface area contributed by atoms with Crippen LogP contribution in [0.1, 0.15) is 10.4 Å². The van der Waals surface area contributed by atoms with Gasteiger partial charge in [0, 0.05) is 38.3 Å². The maximum atomic E-state index is 12.7. The van der Waals surface area contributed by atoms with E-state index >= 15 is 0 Å². The fourth-order valence-electron chi connectivity index (χ4n) is 2.70. The third-order valence-electron chi connectivity index (χ3n) is 3.99. The van der Waals surface area contributed by atoms with Gasteiger partial charge in [-0.05, 0) is 12.1 Å². The molecule has 1 saturated heterocycles. The molecule has 2 rings (SSSR count). The minimum absolute atomic E-state index is 0.0621. The van der Waals surface area contributed by atoms with Crippen molar-refractivity contribution >= 4 is 5.91 Å². The normalized spacial score (nSPS) is 15.4. The molecule has 0 spiro atoms. The summed E-state index contributed by atoms with van der Waals surface area (Å²) in [6.45, 7) is 3.57. The van der Waals surface area contributed by atoms with Gasteiger partial charge in [-0.15, -0.1) is 0 Å². The largest absolute Gasteiger partial charge is 0.493 e. The minimum atomic E-state index is -0.0621. The molecule has 0 saturated carbocycles. The first-order valence-corrected chi connectivity index (χ1v) is 7.57. The van der Waals surface area contributed by atoms with Crippen molar-refractivity contribution in [2.75, 3.05) is 60.7 Å². The quantitative estimate of drug-likeness (QED) is 0.820. The van der Waals surface area contributed by atoms with Crippen molar-refractivity contribution in [2.45, 2.75) is 0 Å². The van der Waals surface area contributed by atoms with Crippen LogP contribution in [0.5, 0.6) is 17.2 Å². The van der Waals surface area contributed by atoms with Crippen LogP contribution in [0.4, 0.5) is 0 Å². The molecule has 0 radical (unpaired) electrons. The number of hydrogen-bond acceptors (Lipinski definition) is 6. The third kappa shape index (κ3) is 3.86. The van der Waals surface area contributed by atoms with Crippen molar-refractivity contribution in [3.63, 3.8) is 0 Å². The Morgan fingerprint density at radius 1 is 1.04 bits per heavy atom. The molecule has 1 aliphatic rings. The molecule has 7 nitrogen and oxygen atoms in total. The number of benzene rings is 1. The summed E-state index contributed by atoms with van der Waals surface area (Å²) < 4.78 is 15.9. The summed E-state index contributed by atoms with van der Waals surface area (Å²) in [5.74, 6) is 1.34. The van der Waals surface area contributed by atoms with Crippen LogP contribution in [0.3, 0.4) is 0 Å². The SMILES string of the molecule is COc1cc(C(=O)N2CCN(CCO)CC2)cc(OC)c1OC. The predicted octanol–water partition coefficient (Wildman–Crippen LogP) is 0.463. The second-order valence-electron chi connectivity index (χ2n) is 5.27. The summed E-state index contributed by atoms with van der Waals surface area (Å²) in [4.78, 5) is 16.6. The van der Waals surface area contributed by atoms with E-state index in [2.05, 4.69) is 4.90 Å². The number of β-amino-alcohol motifs (C(OH)–C–C–N with tert-alkyl or cyclic N) is 1. The van der Waals surface area contributed by atoms with Gasteiger partial charge in [-0.2, -0.15) is 0 Å². The van der Waals surface area contributed by atoms with Crippen LogP contribution < -0.4 is 14.2 Å². The van der Waals surface area contributed by atoms with Crippen LogP contribution >= 0.6 is 0 Å². The Morgan fingerprint density at radius 3 is 2.04 bits per heavy atom. The molecule has 0 aliphatic carbocycles. The van der Waals surface area contributed by atoms with Crippen molar-refractivity contribution in [3.8, 4) is 17.2 Å². The summed E-state index contributed by atoms with van der Waals surface area (Å²) in [5, 5.41) is 8.97. The number of rotatable bonds is 6. The lowest BCUT2D eigenvalue weighted by atomic mass is 10.1. The maximum absolute atomic E-state index is 12.7. The van der Waals surface area contributed by atoms with Crippen molar-refractivity contribution in [2.24, 2.45) is 0 Å². The molecule has 1 aromatic rings. The van der Waals surface area contributed by atoms with E-state index in [0.29, 0.717) is 42.4 Å². The highest BCUT2D eigenvalue weighted by atomic mass is 16.5. The average molecular weight is 324 g/mol. The number of carbonyl (C=O) groups excluding carboxylic acids is 1. The fourth-order valence-corrected chi connectivity index (χ4v) is 2.70. The predicted molar refractivity (Wildman–Crippen MR) is 85.5 cm³/mol. The van der Waals surface area contributed by atoms with Gasteiger partial charge in [-0.1, -0.05) is 0 Å². The van der Waals surface area contributed by atoms with Crippen molar-refractivity contribution in [3.05, 3.63) is 17.7 Å². The number of ether oxygens (including phenoxy) is 3. The molecule has 1 amide bonds. The molecule has 0 unspecified atom stereocenters. The van der Waals surface area contributed by atoms with Gasteiger partial charge in [0.2, 0.25) is 5.75 Å². The topological polar surface area (TPSA) is 71.5 Å². The molecule has 0 atom stereocenters. The van der Waals surface area contributed by atoms with Gasteiger partial charge < -0.3 is 24.2 Å². The van der Waals surface area contributed by atoms with E-state index < -0.39 is 0 Å². The number of piperazine rings is 1. The molecule has 1 fully saturated rings. The van der Waals surface area contributed by atoms with Gasteiger partial charge in [0.05, 0.1) is 27.9 Å². The number of carbonyl (C=O) groups is 1. The minimum Gasteiger partial charge on any atom is -0.493 e. The Balaban J connectivity index is 2.16. The second-order valence-corrected chi connectivity index (χ2v) is 5.27. The summed E-state index contributed by atoms with van der Waals surface area (Å²) in [7, 11) is 4.58. The maximum Gasteiger partial charge on any atom is 0.254 e. The highest BCUT2D eigenvalue weighted by Crippen LogP contribution is 2.38. The molecule has 1 aromatic carbocycles. The lowest BCUT2D eigenvalue weighted by Crippen LogP contribution is -2.49. The standard InChI is InChI=1S/C16H24N2O5/c1-21-13-10-12(11-14(22-2)15(13)23-3)16(20)18-6-4-17(5-7-18)8-9-19/h10-11,19H,4-9H2,1-3H3. The van der Waals surface area contributed by atoms with Gasteiger partial charge in [0.25, 0.3) is 5.91 Å². The molecule has 7 heteroatoms. The zero-order valence-corrected chi connectivity index (χ0v) is 13.9. The molecule has 1 aliphatic heterocycles. The van der Waals surface area contributed by atoms with Crippen LogP contribution in [0.2, 0.25) is 0 Å². The first-order chi connectivity index (χ1) is 11.1. The van der Waals surface area contributed by atoms with Crippen LogP contribution in [0.25, 0.3) is 0 Å². The molecule has 1 heterocycles. The highest BCUT2D eigenvalue weighted by Gasteiger charge is 2.24. The third-order valence-corrected chi connectivity index (χ3v) is 3.99. The first kappa shape index (κ1) is 17.4. The smallest absolute Gasteiger partial charge is 0.254 e. The molecular formula is C16H24N2O5. The van der Waals surface area contributed by atoms with Crippen LogP contribution in [0, 0.1) is 0 Å². The molecule has 128 valence electrons. The van der Waals surface area contributed by atoms with E-state index in [0.717, 1.165) is 13.1 Å². The first-order valence-electron chi connectivity index (χ1n) is 7.57. The fraction of sp³-hybridized carbons (Fsp3) is 0.562. The van der Waals surface area contributed by atoms with Gasteiger partial charge >= 0.3 is 0 Å². The molecule has 23 heavy (non-hydrogen) atoms. The van der Waals surface area contributed by atoms with Crippen molar-refractivity contribution in [1.29, 1.82) is 0 Å². The monoisotopic (exact) mass is 324 g/mol. The molecule has 0 aromatic heterocycles. The van der Waals surface area contributed by atoms with Crippen molar-refractivity contribution < 1.29 is 24.1 Å². The van der Waals surface area contributed by atoms with E-state index in [9.17, 15) is 4.79 Å². The summed E-state index contributed by atoms with van der Waals surface area (Å²) in [6, 6.07) is 3.34. The molecular weight excluding hydrogens is 300 g/mol. The van der Waals surface area contributed by atoms with E-state index in [1.807, 2.05) is 0 Å². The van der Waals surface area contributed by atoms with Crippen molar-refractivity contribution in [1.82, 2.24) is 9.80 Å². The summed E-state index contributed by atoms with van der Waals surface area (Å²) in [6.07, 6.45) is 0. The van der Waals surface area contributed by atoms with Gasteiger partial charge in [-0.3, -0.25) is 9.69 Å². The number of aliphatic hydroxyl groups is 1. The summed E-state index contributed by atoms with van der Waals surface area (Å²) in [5.41, 5.74) is 0.509. The Kier molecular flexibility index (Phi) is 6.06. The van der Waals surface area contributed by atoms with E-state index in [1.54, 1.807) is 17.0 Å². The van der Waals surface area contributed by atoms with E-state index in [4.69, 9.17) is 19.3 Å². The Hall–Kier alpha value is -1.99. The zero-order valence-electron chi connectivity index (χ0n) is 13.9. The highest BCUT2D eigenvalue weighted by molar-refractivity contribution is 5.95. The number of hydrogen-bond donors (Lipinski definition) is 1. The van der Waals surface area contributed by atoms with E-state index in [-0.39, 0.29) is 12.5 Å². The number of methoxy groups -OCH3 is 3.